The molecular formula is C13H22N4. The summed E-state index contributed by atoms with van der Waals surface area (Å²) >= 11 is 0. The molecule has 0 aromatic heterocycles. The van der Waals surface area contributed by atoms with Gasteiger partial charge < -0.3 is 16.4 Å². The average Bonchev–Trinajstić information content (AvgIpc) is 2.29. The second-order valence-electron chi connectivity index (χ2n) is 4.34. The Balaban J connectivity index is 2.85. The molecule has 1 aromatic rings. The molecule has 0 bridgehead atoms. The van der Waals surface area contributed by atoms with Crippen molar-refractivity contribution < 1.29 is 0 Å². The summed E-state index contributed by atoms with van der Waals surface area (Å²) in [6.45, 7) is 2.73. The molecule has 1 aromatic carbocycles. The highest BCUT2D eigenvalue weighted by Crippen LogP contribution is 2.19. The van der Waals surface area contributed by atoms with Crippen molar-refractivity contribution >= 4 is 5.96 Å². The van der Waals surface area contributed by atoms with Crippen molar-refractivity contribution in [1.82, 2.24) is 4.90 Å². The Labute approximate surface area is 103 Å². The van der Waals surface area contributed by atoms with Gasteiger partial charge in [0.05, 0.1) is 12.6 Å². The summed E-state index contributed by atoms with van der Waals surface area (Å²) in [5.41, 5.74) is 13.3. The fourth-order valence-corrected chi connectivity index (χ4v) is 1.73. The summed E-state index contributed by atoms with van der Waals surface area (Å²) in [6.07, 6.45) is 1.06. The summed E-state index contributed by atoms with van der Waals surface area (Å²) in [4.78, 5) is 6.21. The minimum Gasteiger partial charge on any atom is -0.370 e. The van der Waals surface area contributed by atoms with Crippen molar-refractivity contribution in [3.8, 4) is 0 Å². The van der Waals surface area contributed by atoms with E-state index in [0.29, 0.717) is 6.54 Å². The predicted octanol–water partition coefficient (Wildman–Crippen LogP) is 1.13. The molecule has 0 fully saturated rings. The first kappa shape index (κ1) is 13.5. The molecule has 0 spiro atoms. The summed E-state index contributed by atoms with van der Waals surface area (Å²) < 4.78 is 0. The third-order valence-electron chi connectivity index (χ3n) is 2.84. The highest BCUT2D eigenvalue weighted by molar-refractivity contribution is 5.75. The zero-order chi connectivity index (χ0) is 12.8. The molecule has 0 aliphatic carbocycles. The highest BCUT2D eigenvalue weighted by atomic mass is 15.1. The molecule has 0 amide bonds. The van der Waals surface area contributed by atoms with E-state index in [4.69, 9.17) is 11.5 Å². The summed E-state index contributed by atoms with van der Waals surface area (Å²) in [6, 6.07) is 8.81. The molecule has 0 aliphatic heterocycles. The number of hydrogen-bond donors (Lipinski definition) is 2. The number of benzene rings is 1. The molecule has 0 saturated heterocycles. The summed E-state index contributed by atoms with van der Waals surface area (Å²) in [5, 5.41) is 0. The van der Waals surface area contributed by atoms with Crippen LogP contribution in [0, 0.1) is 0 Å². The largest absolute Gasteiger partial charge is 0.370 e. The molecule has 1 rings (SSSR count). The van der Waals surface area contributed by atoms with Crippen LogP contribution in [0.5, 0.6) is 0 Å². The van der Waals surface area contributed by atoms with Crippen LogP contribution in [0.2, 0.25) is 0 Å². The zero-order valence-electron chi connectivity index (χ0n) is 10.9. The van der Waals surface area contributed by atoms with Gasteiger partial charge >= 0.3 is 0 Å². The van der Waals surface area contributed by atoms with Crippen LogP contribution in [0.25, 0.3) is 0 Å². The van der Waals surface area contributed by atoms with E-state index < -0.39 is 0 Å². The van der Waals surface area contributed by atoms with E-state index in [9.17, 15) is 0 Å². The van der Waals surface area contributed by atoms with E-state index in [2.05, 4.69) is 41.1 Å². The maximum Gasteiger partial charge on any atom is 0.185 e. The smallest absolute Gasteiger partial charge is 0.185 e. The van der Waals surface area contributed by atoms with Gasteiger partial charge in [0.1, 0.15) is 0 Å². The highest BCUT2D eigenvalue weighted by Gasteiger charge is 2.13. The lowest BCUT2D eigenvalue weighted by molar-refractivity contribution is 0.306. The molecule has 4 heteroatoms. The van der Waals surface area contributed by atoms with Crippen molar-refractivity contribution in [3.63, 3.8) is 0 Å². The lowest BCUT2D eigenvalue weighted by atomic mass is 10.0. The van der Waals surface area contributed by atoms with Gasteiger partial charge in [0.25, 0.3) is 0 Å². The zero-order valence-corrected chi connectivity index (χ0v) is 10.9. The van der Waals surface area contributed by atoms with Crippen LogP contribution in [-0.4, -0.2) is 31.5 Å². The van der Waals surface area contributed by atoms with Gasteiger partial charge in [-0.2, -0.15) is 0 Å². The maximum absolute atomic E-state index is 5.37. The van der Waals surface area contributed by atoms with Crippen molar-refractivity contribution in [3.05, 3.63) is 35.4 Å². The molecule has 0 radical (unpaired) electrons. The van der Waals surface area contributed by atoms with Gasteiger partial charge in [0.15, 0.2) is 5.96 Å². The first-order chi connectivity index (χ1) is 8.04. The van der Waals surface area contributed by atoms with Crippen LogP contribution >= 0.6 is 0 Å². The van der Waals surface area contributed by atoms with E-state index in [1.807, 2.05) is 14.1 Å². The van der Waals surface area contributed by atoms with Gasteiger partial charge in [-0.3, -0.25) is 4.99 Å². The molecule has 0 heterocycles. The Morgan fingerprint density at radius 1 is 1.24 bits per heavy atom. The number of aryl methyl sites for hydroxylation is 1. The second kappa shape index (κ2) is 6.25. The molecule has 1 unspecified atom stereocenters. The van der Waals surface area contributed by atoms with Crippen molar-refractivity contribution in [2.75, 3.05) is 20.6 Å². The SMILES string of the molecule is CCc1ccc(C(CN=C(N)N)N(C)C)cc1. The third kappa shape index (κ3) is 4.07. The Morgan fingerprint density at radius 2 is 1.82 bits per heavy atom. The number of nitrogens with two attached hydrogens (primary N) is 2. The molecule has 4 N–H and O–H groups in total. The van der Waals surface area contributed by atoms with Crippen LogP contribution in [0.3, 0.4) is 0 Å². The molecule has 0 aliphatic rings. The third-order valence-corrected chi connectivity index (χ3v) is 2.84. The average molecular weight is 234 g/mol. The minimum atomic E-state index is 0.141. The normalized spacial score (nSPS) is 12.5. The Bertz CT molecular complexity index is 364. The monoisotopic (exact) mass is 234 g/mol. The van der Waals surface area contributed by atoms with E-state index in [1.54, 1.807) is 0 Å². The number of nitrogens with zero attached hydrogens (tertiary/aromatic N) is 2. The van der Waals surface area contributed by atoms with E-state index in [-0.39, 0.29) is 12.0 Å². The number of hydrogen-bond acceptors (Lipinski definition) is 2. The van der Waals surface area contributed by atoms with Crippen LogP contribution in [0.1, 0.15) is 24.1 Å². The number of guanidine groups is 1. The van der Waals surface area contributed by atoms with Gasteiger partial charge in [-0.15, -0.1) is 0 Å². The van der Waals surface area contributed by atoms with E-state index >= 15 is 0 Å². The predicted molar refractivity (Wildman–Crippen MR) is 72.9 cm³/mol. The minimum absolute atomic E-state index is 0.141. The standard InChI is InChI=1S/C13H22N4/c1-4-10-5-7-11(8-6-10)12(17(2)3)9-16-13(14)15/h5-8,12H,4,9H2,1-3H3,(H4,14,15,16). The molecule has 17 heavy (non-hydrogen) atoms. The maximum atomic E-state index is 5.37. The number of aliphatic imine (C=N–C) groups is 1. The lowest BCUT2D eigenvalue weighted by Gasteiger charge is -2.23. The Morgan fingerprint density at radius 3 is 2.24 bits per heavy atom. The molecule has 94 valence electrons. The quantitative estimate of drug-likeness (QED) is 0.592. The van der Waals surface area contributed by atoms with Crippen molar-refractivity contribution in [2.24, 2.45) is 16.5 Å². The second-order valence-corrected chi connectivity index (χ2v) is 4.34. The molecular weight excluding hydrogens is 212 g/mol. The van der Waals surface area contributed by atoms with Gasteiger partial charge in [-0.1, -0.05) is 31.2 Å². The van der Waals surface area contributed by atoms with Gasteiger partial charge in [0, 0.05) is 0 Å². The first-order valence-electron chi connectivity index (χ1n) is 5.85. The molecule has 4 nitrogen and oxygen atoms in total. The number of likely N-dealkylation sites (N-methyl/N-ethyl adjacent to an activating group) is 1. The first-order valence-corrected chi connectivity index (χ1v) is 5.85. The fraction of sp³-hybridized carbons (Fsp3) is 0.462. The van der Waals surface area contributed by atoms with Gasteiger partial charge in [0.2, 0.25) is 0 Å². The van der Waals surface area contributed by atoms with Crippen LogP contribution < -0.4 is 11.5 Å². The Hall–Kier alpha value is -1.55. The molecule has 0 saturated carbocycles. The number of rotatable bonds is 5. The summed E-state index contributed by atoms with van der Waals surface area (Å²) in [5.74, 6) is 0.141. The van der Waals surface area contributed by atoms with Crippen LogP contribution in [0.4, 0.5) is 0 Å². The van der Waals surface area contributed by atoms with Gasteiger partial charge in [-0.05, 0) is 31.6 Å². The fourth-order valence-electron chi connectivity index (χ4n) is 1.73. The summed E-state index contributed by atoms with van der Waals surface area (Å²) in [7, 11) is 4.06. The lowest BCUT2D eigenvalue weighted by Crippen LogP contribution is -2.27. The van der Waals surface area contributed by atoms with Crippen LogP contribution in [0.15, 0.2) is 29.3 Å². The van der Waals surface area contributed by atoms with E-state index in [0.717, 1.165) is 6.42 Å². The Kier molecular flexibility index (Phi) is 4.97. The van der Waals surface area contributed by atoms with Crippen molar-refractivity contribution in [1.29, 1.82) is 0 Å². The molecule has 1 atom stereocenters. The van der Waals surface area contributed by atoms with Gasteiger partial charge in [-0.25, -0.2) is 0 Å². The topological polar surface area (TPSA) is 67.6 Å². The van der Waals surface area contributed by atoms with Crippen molar-refractivity contribution in [2.45, 2.75) is 19.4 Å². The van der Waals surface area contributed by atoms with Crippen LogP contribution in [-0.2, 0) is 6.42 Å². The van der Waals surface area contributed by atoms with E-state index in [1.165, 1.54) is 11.1 Å².